The molecule has 2 rings (SSSR count). The van der Waals surface area contributed by atoms with Crippen molar-refractivity contribution >= 4 is 0 Å². The summed E-state index contributed by atoms with van der Waals surface area (Å²) in [6.45, 7) is 14.8. The van der Waals surface area contributed by atoms with Crippen LogP contribution in [-0.4, -0.2) is 115 Å². The summed E-state index contributed by atoms with van der Waals surface area (Å²) in [5.41, 5.74) is 0. The first kappa shape index (κ1) is 22.0. The Balaban J connectivity index is 1.85. The molecule has 2 fully saturated rings. The van der Waals surface area contributed by atoms with Gasteiger partial charge >= 0.3 is 0 Å². The van der Waals surface area contributed by atoms with Crippen LogP contribution in [0, 0.1) is 0 Å². The molecule has 0 aromatic carbocycles. The topological polar surface area (TPSA) is 58.2 Å². The highest BCUT2D eigenvalue weighted by molar-refractivity contribution is 4.63. The summed E-state index contributed by atoms with van der Waals surface area (Å²) in [5, 5.41) is 7.15. The maximum Gasteiger partial charge on any atom is 0.0701 e. The molecule has 0 radical (unpaired) electrons. The second-order valence-corrected chi connectivity index (χ2v) is 7.08. The molecule has 2 N–H and O–H groups in total. The molecule has 154 valence electrons. The van der Waals surface area contributed by atoms with Gasteiger partial charge in [-0.15, -0.1) is 0 Å². The number of rotatable bonds is 0. The van der Waals surface area contributed by atoms with Crippen molar-refractivity contribution in [3.05, 3.63) is 0 Å². The van der Waals surface area contributed by atoms with Gasteiger partial charge < -0.3 is 24.8 Å². The van der Waals surface area contributed by atoms with Crippen LogP contribution in [0.25, 0.3) is 0 Å². The van der Waals surface area contributed by atoms with Crippen molar-refractivity contribution in [1.82, 2.24) is 20.4 Å². The minimum atomic E-state index is 0.685. The van der Waals surface area contributed by atoms with E-state index >= 15 is 0 Å². The van der Waals surface area contributed by atoms with Crippen molar-refractivity contribution in [2.75, 3.05) is 105 Å². The van der Waals surface area contributed by atoms with E-state index in [4.69, 9.17) is 14.2 Å². The summed E-state index contributed by atoms with van der Waals surface area (Å²) >= 11 is 0. The first-order chi connectivity index (χ1) is 12.9. The molecule has 2 saturated heterocycles. The van der Waals surface area contributed by atoms with E-state index in [1.165, 1.54) is 19.3 Å². The van der Waals surface area contributed by atoms with Gasteiger partial charge in [0.2, 0.25) is 0 Å². The zero-order chi connectivity index (χ0) is 18.1. The van der Waals surface area contributed by atoms with Crippen molar-refractivity contribution in [2.24, 2.45) is 0 Å². The van der Waals surface area contributed by atoms with Gasteiger partial charge in [-0.05, 0) is 25.9 Å². The Morgan fingerprint density at radius 3 is 1.31 bits per heavy atom. The van der Waals surface area contributed by atoms with Crippen LogP contribution in [0.1, 0.15) is 19.3 Å². The molecule has 0 aromatic heterocycles. The maximum absolute atomic E-state index is 5.91. The number of nitrogens with zero attached hydrogens (tertiary/aromatic N) is 2. The Bertz CT molecular complexity index is 295. The zero-order valence-corrected chi connectivity index (χ0v) is 16.6. The zero-order valence-electron chi connectivity index (χ0n) is 16.6. The van der Waals surface area contributed by atoms with E-state index in [2.05, 4.69) is 20.4 Å². The number of hydrogen-bond donors (Lipinski definition) is 2. The fourth-order valence-electron chi connectivity index (χ4n) is 3.27. The highest BCUT2D eigenvalue weighted by Gasteiger charge is 2.08. The van der Waals surface area contributed by atoms with Gasteiger partial charge in [0.05, 0.1) is 39.6 Å². The van der Waals surface area contributed by atoms with Crippen LogP contribution in [0.15, 0.2) is 0 Å². The van der Waals surface area contributed by atoms with Gasteiger partial charge in [-0.1, -0.05) is 6.42 Å². The predicted molar refractivity (Wildman–Crippen MR) is 105 cm³/mol. The average molecular weight is 373 g/mol. The summed E-state index contributed by atoms with van der Waals surface area (Å²) in [5.74, 6) is 0. The van der Waals surface area contributed by atoms with Crippen LogP contribution in [0.5, 0.6) is 0 Å². The monoisotopic (exact) mass is 372 g/mol. The van der Waals surface area contributed by atoms with Crippen LogP contribution >= 0.6 is 0 Å². The van der Waals surface area contributed by atoms with Crippen LogP contribution in [0.3, 0.4) is 0 Å². The predicted octanol–water partition coefficient (Wildman–Crippen LogP) is 0.0169. The molecule has 26 heavy (non-hydrogen) atoms. The fraction of sp³-hybridized carbons (Fsp3) is 1.00. The summed E-state index contributed by atoms with van der Waals surface area (Å²) in [6, 6.07) is 0. The first-order valence-corrected chi connectivity index (χ1v) is 10.5. The largest absolute Gasteiger partial charge is 0.379 e. The van der Waals surface area contributed by atoms with Crippen LogP contribution in [0.4, 0.5) is 0 Å². The molecule has 0 amide bonds. The van der Waals surface area contributed by atoms with E-state index in [9.17, 15) is 0 Å². The van der Waals surface area contributed by atoms with Crippen molar-refractivity contribution in [2.45, 2.75) is 19.3 Å². The van der Waals surface area contributed by atoms with Crippen LogP contribution < -0.4 is 10.6 Å². The Morgan fingerprint density at radius 1 is 0.423 bits per heavy atom. The van der Waals surface area contributed by atoms with Crippen molar-refractivity contribution in [3.63, 3.8) is 0 Å². The van der Waals surface area contributed by atoms with Crippen LogP contribution in [-0.2, 0) is 14.2 Å². The Kier molecular flexibility index (Phi) is 13.3. The molecule has 2 bridgehead atoms. The first-order valence-electron chi connectivity index (χ1n) is 10.5. The standard InChI is InChI=1S/C19H40N4O3/c1-2-4-20-6-8-22-10-14-24-15-11-23(9-7-21-5-3-1)13-17-26-19-18-25-16-12-22/h20-21H,1-19H2. The van der Waals surface area contributed by atoms with Crippen molar-refractivity contribution in [3.8, 4) is 0 Å². The van der Waals surface area contributed by atoms with E-state index in [0.29, 0.717) is 13.2 Å². The number of hydrogen-bond acceptors (Lipinski definition) is 7. The van der Waals surface area contributed by atoms with Gasteiger partial charge in [-0.25, -0.2) is 0 Å². The number of nitrogens with one attached hydrogen (secondary N) is 2. The lowest BCUT2D eigenvalue weighted by Crippen LogP contribution is -2.38. The number of fused-ring (bicyclic) bond motifs is 6. The fourth-order valence-corrected chi connectivity index (χ4v) is 3.27. The van der Waals surface area contributed by atoms with Crippen LogP contribution in [0.2, 0.25) is 0 Å². The molecular weight excluding hydrogens is 332 g/mol. The molecule has 2 aliphatic rings. The summed E-state index contributed by atoms with van der Waals surface area (Å²) in [7, 11) is 0. The maximum atomic E-state index is 5.91. The Labute approximate surface area is 159 Å². The summed E-state index contributed by atoms with van der Waals surface area (Å²) < 4.78 is 17.4. The smallest absolute Gasteiger partial charge is 0.0701 e. The van der Waals surface area contributed by atoms with Gasteiger partial charge in [0.15, 0.2) is 0 Å². The molecule has 0 aromatic rings. The lowest BCUT2D eigenvalue weighted by Gasteiger charge is -2.24. The molecule has 0 aliphatic carbocycles. The van der Waals surface area contributed by atoms with Gasteiger partial charge in [-0.3, -0.25) is 9.80 Å². The molecular formula is C19H40N4O3. The minimum absolute atomic E-state index is 0.685. The van der Waals surface area contributed by atoms with Crippen molar-refractivity contribution in [1.29, 1.82) is 0 Å². The van der Waals surface area contributed by atoms with E-state index < -0.39 is 0 Å². The van der Waals surface area contributed by atoms with Gasteiger partial charge in [0, 0.05) is 52.4 Å². The third kappa shape index (κ3) is 11.4. The molecule has 2 atom stereocenters. The van der Waals surface area contributed by atoms with E-state index in [1.807, 2.05) is 0 Å². The quantitative estimate of drug-likeness (QED) is 0.581. The molecule has 2 aliphatic heterocycles. The summed E-state index contributed by atoms with van der Waals surface area (Å²) in [4.78, 5) is 4.89. The lowest BCUT2D eigenvalue weighted by atomic mass is 10.2. The molecule has 0 spiro atoms. The Hall–Kier alpha value is -0.280. The lowest BCUT2D eigenvalue weighted by molar-refractivity contribution is 0.0325. The second kappa shape index (κ2) is 15.7. The molecule has 0 saturated carbocycles. The molecule has 7 nitrogen and oxygen atoms in total. The van der Waals surface area contributed by atoms with E-state index in [1.54, 1.807) is 0 Å². The number of ether oxygens (including phenoxy) is 3. The third-order valence-electron chi connectivity index (χ3n) is 5.00. The molecule has 7 heteroatoms. The Morgan fingerprint density at radius 2 is 0.846 bits per heavy atom. The van der Waals surface area contributed by atoms with Crippen molar-refractivity contribution < 1.29 is 14.2 Å². The normalized spacial score (nSPS) is 30.5. The summed E-state index contributed by atoms with van der Waals surface area (Å²) in [6.07, 6.45) is 3.82. The third-order valence-corrected chi connectivity index (χ3v) is 5.00. The van der Waals surface area contributed by atoms with E-state index in [0.717, 1.165) is 91.9 Å². The highest BCUT2D eigenvalue weighted by atomic mass is 16.5. The highest BCUT2D eigenvalue weighted by Crippen LogP contribution is 1.96. The van der Waals surface area contributed by atoms with Gasteiger partial charge in [0.1, 0.15) is 0 Å². The van der Waals surface area contributed by atoms with E-state index in [-0.39, 0.29) is 0 Å². The van der Waals surface area contributed by atoms with Gasteiger partial charge in [-0.2, -0.15) is 0 Å². The second-order valence-electron chi connectivity index (χ2n) is 7.08. The minimum Gasteiger partial charge on any atom is -0.379 e. The molecule has 2 heterocycles. The SMILES string of the molecule is C1CCNCCN2CCOCCOCCN(CCNCC1)CCOCC2. The van der Waals surface area contributed by atoms with Gasteiger partial charge in [0.25, 0.3) is 0 Å². The molecule has 2 unspecified atom stereocenters. The average Bonchev–Trinajstić information content (AvgIpc) is 2.65.